The molecule has 0 radical (unpaired) electrons. The van der Waals surface area contributed by atoms with Crippen molar-refractivity contribution in [3.8, 4) is 0 Å². The summed E-state index contributed by atoms with van der Waals surface area (Å²) in [6, 6.07) is 0. The minimum Gasteiger partial charge on any atom is -0.368 e. The van der Waals surface area contributed by atoms with E-state index >= 15 is 0 Å². The van der Waals surface area contributed by atoms with E-state index in [1.807, 2.05) is 6.92 Å². The first-order valence-electron chi connectivity index (χ1n) is 5.15. The molecule has 15 heavy (non-hydrogen) atoms. The third-order valence-corrected chi connectivity index (χ3v) is 2.63. The number of rotatable bonds is 3. The fourth-order valence-electron chi connectivity index (χ4n) is 1.70. The van der Waals surface area contributed by atoms with Crippen LogP contribution in [0.3, 0.4) is 0 Å². The largest absolute Gasteiger partial charge is 0.368 e. The molecule has 1 fully saturated rings. The van der Waals surface area contributed by atoms with E-state index in [2.05, 4.69) is 15.3 Å². The van der Waals surface area contributed by atoms with E-state index in [-0.39, 0.29) is 12.0 Å². The van der Waals surface area contributed by atoms with Crippen LogP contribution in [0.1, 0.15) is 19.2 Å². The van der Waals surface area contributed by atoms with Crippen molar-refractivity contribution in [3.05, 3.63) is 18.2 Å². The molecule has 5 nitrogen and oxygen atoms in total. The molecule has 1 saturated heterocycles. The number of H-pyrrole nitrogens is 1. The standard InChI is InChI=1S/C10H15N3O2/c1-7-2-5-15-9(7)10(14)13-6-8-11-3-4-12-8/h3-4,7,9H,2,5-6H2,1H3,(H,11,12)(H,13,14). The maximum atomic E-state index is 11.7. The van der Waals surface area contributed by atoms with Crippen molar-refractivity contribution in [2.45, 2.75) is 26.0 Å². The number of carbonyl (C=O) groups excluding carboxylic acids is 1. The lowest BCUT2D eigenvalue weighted by Gasteiger charge is -2.13. The summed E-state index contributed by atoms with van der Waals surface area (Å²) in [4.78, 5) is 18.6. The Morgan fingerprint density at radius 3 is 3.27 bits per heavy atom. The SMILES string of the molecule is CC1CCOC1C(=O)NCc1ncc[nH]1. The van der Waals surface area contributed by atoms with Crippen LogP contribution in [0.4, 0.5) is 0 Å². The van der Waals surface area contributed by atoms with Gasteiger partial charge in [0.05, 0.1) is 6.54 Å². The molecule has 0 spiro atoms. The molecule has 2 rings (SSSR count). The number of carbonyl (C=O) groups is 1. The molecule has 1 aromatic rings. The smallest absolute Gasteiger partial charge is 0.249 e. The summed E-state index contributed by atoms with van der Waals surface area (Å²) < 4.78 is 5.35. The number of ether oxygens (including phenoxy) is 1. The van der Waals surface area contributed by atoms with Gasteiger partial charge in [-0.1, -0.05) is 6.92 Å². The Labute approximate surface area is 88.2 Å². The van der Waals surface area contributed by atoms with Crippen molar-refractivity contribution in [2.24, 2.45) is 5.92 Å². The van der Waals surface area contributed by atoms with Gasteiger partial charge in [0, 0.05) is 19.0 Å². The number of hydrogen-bond acceptors (Lipinski definition) is 3. The molecule has 1 amide bonds. The molecule has 5 heteroatoms. The number of aromatic amines is 1. The third-order valence-electron chi connectivity index (χ3n) is 2.63. The minimum atomic E-state index is -0.292. The average molecular weight is 209 g/mol. The van der Waals surface area contributed by atoms with Crippen molar-refractivity contribution < 1.29 is 9.53 Å². The quantitative estimate of drug-likeness (QED) is 0.759. The highest BCUT2D eigenvalue weighted by Crippen LogP contribution is 2.19. The molecule has 1 aromatic heterocycles. The van der Waals surface area contributed by atoms with Crippen LogP contribution in [0, 0.1) is 5.92 Å². The average Bonchev–Trinajstić information content (AvgIpc) is 2.84. The van der Waals surface area contributed by atoms with Gasteiger partial charge in [-0.15, -0.1) is 0 Å². The summed E-state index contributed by atoms with van der Waals surface area (Å²) in [6.45, 7) is 3.14. The molecule has 2 N–H and O–H groups in total. The van der Waals surface area contributed by atoms with E-state index in [1.165, 1.54) is 0 Å². The van der Waals surface area contributed by atoms with Gasteiger partial charge >= 0.3 is 0 Å². The van der Waals surface area contributed by atoms with E-state index in [0.29, 0.717) is 19.1 Å². The zero-order chi connectivity index (χ0) is 10.7. The van der Waals surface area contributed by atoms with Gasteiger partial charge in [-0.2, -0.15) is 0 Å². The second-order valence-corrected chi connectivity index (χ2v) is 3.81. The van der Waals surface area contributed by atoms with E-state index in [0.717, 1.165) is 12.2 Å². The number of amides is 1. The summed E-state index contributed by atoms with van der Waals surface area (Å²) in [5, 5.41) is 2.80. The number of hydrogen-bond donors (Lipinski definition) is 2. The Bertz CT molecular complexity index is 323. The molecule has 1 aliphatic heterocycles. The van der Waals surface area contributed by atoms with Crippen LogP contribution >= 0.6 is 0 Å². The Kier molecular flexibility index (Phi) is 3.01. The first kappa shape index (κ1) is 10.2. The van der Waals surface area contributed by atoms with Crippen LogP contribution in [-0.4, -0.2) is 28.6 Å². The zero-order valence-electron chi connectivity index (χ0n) is 8.69. The Morgan fingerprint density at radius 1 is 1.80 bits per heavy atom. The van der Waals surface area contributed by atoms with Crippen LogP contribution in [-0.2, 0) is 16.1 Å². The van der Waals surface area contributed by atoms with E-state index in [1.54, 1.807) is 12.4 Å². The second-order valence-electron chi connectivity index (χ2n) is 3.81. The maximum absolute atomic E-state index is 11.7. The van der Waals surface area contributed by atoms with Gasteiger partial charge in [0.25, 0.3) is 0 Å². The fraction of sp³-hybridized carbons (Fsp3) is 0.600. The van der Waals surface area contributed by atoms with Crippen molar-refractivity contribution in [1.29, 1.82) is 0 Å². The lowest BCUT2D eigenvalue weighted by atomic mass is 10.0. The van der Waals surface area contributed by atoms with Crippen LogP contribution in [0.2, 0.25) is 0 Å². The maximum Gasteiger partial charge on any atom is 0.249 e. The minimum absolute atomic E-state index is 0.0450. The molecule has 0 aromatic carbocycles. The predicted octanol–water partition coefficient (Wildman–Crippen LogP) is 0.451. The number of aromatic nitrogens is 2. The molecular weight excluding hydrogens is 194 g/mol. The highest BCUT2D eigenvalue weighted by atomic mass is 16.5. The number of nitrogens with zero attached hydrogens (tertiary/aromatic N) is 1. The van der Waals surface area contributed by atoms with Crippen LogP contribution in [0.25, 0.3) is 0 Å². The normalized spacial score (nSPS) is 25.4. The first-order valence-corrected chi connectivity index (χ1v) is 5.15. The fourth-order valence-corrected chi connectivity index (χ4v) is 1.70. The highest BCUT2D eigenvalue weighted by Gasteiger charge is 2.30. The van der Waals surface area contributed by atoms with Gasteiger partial charge < -0.3 is 15.0 Å². The predicted molar refractivity (Wildman–Crippen MR) is 54.0 cm³/mol. The molecule has 82 valence electrons. The zero-order valence-corrected chi connectivity index (χ0v) is 8.69. The topological polar surface area (TPSA) is 67.0 Å². The molecular formula is C10H15N3O2. The van der Waals surface area contributed by atoms with Crippen LogP contribution in [0.15, 0.2) is 12.4 Å². The molecule has 1 aliphatic rings. The van der Waals surface area contributed by atoms with E-state index in [4.69, 9.17) is 4.74 Å². The van der Waals surface area contributed by atoms with Gasteiger partial charge in [0.2, 0.25) is 5.91 Å². The van der Waals surface area contributed by atoms with Crippen molar-refractivity contribution in [3.63, 3.8) is 0 Å². The summed E-state index contributed by atoms with van der Waals surface area (Å²) in [7, 11) is 0. The van der Waals surface area contributed by atoms with Gasteiger partial charge in [-0.25, -0.2) is 4.98 Å². The first-order chi connectivity index (χ1) is 7.27. The summed E-state index contributed by atoms with van der Waals surface area (Å²) in [5.41, 5.74) is 0. The molecule has 2 unspecified atom stereocenters. The number of nitrogens with one attached hydrogen (secondary N) is 2. The van der Waals surface area contributed by atoms with Gasteiger partial charge in [-0.05, 0) is 12.3 Å². The van der Waals surface area contributed by atoms with Crippen molar-refractivity contribution in [1.82, 2.24) is 15.3 Å². The van der Waals surface area contributed by atoms with Crippen LogP contribution < -0.4 is 5.32 Å². The van der Waals surface area contributed by atoms with Gasteiger partial charge in [0.15, 0.2) is 0 Å². The second kappa shape index (κ2) is 4.44. The molecule has 2 atom stereocenters. The summed E-state index contributed by atoms with van der Waals surface area (Å²) in [6.07, 6.45) is 4.06. The molecule has 2 heterocycles. The Balaban J connectivity index is 1.82. The lowest BCUT2D eigenvalue weighted by molar-refractivity contribution is -0.131. The monoisotopic (exact) mass is 209 g/mol. The number of imidazole rings is 1. The molecule has 0 bridgehead atoms. The molecule has 0 aliphatic carbocycles. The summed E-state index contributed by atoms with van der Waals surface area (Å²) in [5.74, 6) is 1.02. The summed E-state index contributed by atoms with van der Waals surface area (Å²) >= 11 is 0. The van der Waals surface area contributed by atoms with Gasteiger partial charge in [-0.3, -0.25) is 4.79 Å². The third kappa shape index (κ3) is 2.36. The Morgan fingerprint density at radius 2 is 2.67 bits per heavy atom. The van der Waals surface area contributed by atoms with E-state index in [9.17, 15) is 4.79 Å². The van der Waals surface area contributed by atoms with Gasteiger partial charge in [0.1, 0.15) is 11.9 Å². The highest BCUT2D eigenvalue weighted by molar-refractivity contribution is 5.81. The van der Waals surface area contributed by atoms with Crippen molar-refractivity contribution in [2.75, 3.05) is 6.61 Å². The lowest BCUT2D eigenvalue weighted by Crippen LogP contribution is -2.37. The van der Waals surface area contributed by atoms with Crippen molar-refractivity contribution >= 4 is 5.91 Å². The van der Waals surface area contributed by atoms with Crippen LogP contribution in [0.5, 0.6) is 0 Å². The van der Waals surface area contributed by atoms with E-state index < -0.39 is 0 Å². The molecule has 0 saturated carbocycles. The Hall–Kier alpha value is -1.36.